The number of hydrogen-bond donors (Lipinski definition) is 0. The predicted molar refractivity (Wildman–Crippen MR) is 106 cm³/mol. The van der Waals surface area contributed by atoms with Crippen LogP contribution in [0.25, 0.3) is 0 Å². The van der Waals surface area contributed by atoms with Crippen molar-refractivity contribution in [3.8, 4) is 0 Å². The zero-order chi connectivity index (χ0) is 20.4. The van der Waals surface area contributed by atoms with Crippen LogP contribution in [0, 0.1) is 0 Å². The average Bonchev–Trinajstić information content (AvgIpc) is 2.67. The van der Waals surface area contributed by atoms with Gasteiger partial charge in [0.05, 0.1) is 39.6 Å². The van der Waals surface area contributed by atoms with E-state index in [9.17, 15) is 9.13 Å². The topological polar surface area (TPSA) is 89.5 Å². The zero-order valence-electron chi connectivity index (χ0n) is 17.4. The average molecular weight is 432 g/mol. The van der Waals surface area contributed by atoms with Crippen molar-refractivity contribution in [2.45, 2.75) is 72.6 Å². The molecule has 0 N–H and O–H groups in total. The molecule has 0 aromatic carbocycles. The van der Waals surface area contributed by atoms with Gasteiger partial charge in [-0.15, -0.1) is 0 Å². The van der Waals surface area contributed by atoms with Gasteiger partial charge in [-0.05, 0) is 44.9 Å². The molecule has 0 aliphatic heterocycles. The molecule has 10 heteroatoms. The third-order valence-electron chi connectivity index (χ3n) is 3.10. The van der Waals surface area contributed by atoms with Crippen LogP contribution in [-0.4, -0.2) is 39.6 Å². The van der Waals surface area contributed by atoms with E-state index in [1.54, 1.807) is 0 Å². The van der Waals surface area contributed by atoms with Gasteiger partial charge in [-0.2, -0.15) is 0 Å². The molecule has 0 aliphatic carbocycles. The number of phosphoric acid groups is 2. The Balaban J connectivity index is 4.06. The van der Waals surface area contributed by atoms with Crippen LogP contribution in [0.3, 0.4) is 0 Å². The first kappa shape index (κ1) is 27.2. The van der Waals surface area contributed by atoms with Gasteiger partial charge in [-0.1, -0.05) is 27.7 Å². The van der Waals surface area contributed by atoms with Gasteiger partial charge in [0.2, 0.25) is 0 Å². The van der Waals surface area contributed by atoms with Gasteiger partial charge < -0.3 is 0 Å². The van der Waals surface area contributed by atoms with E-state index in [2.05, 4.69) is 0 Å². The number of phosphoric ester groups is 2. The van der Waals surface area contributed by atoms with Crippen molar-refractivity contribution in [3.63, 3.8) is 0 Å². The Labute approximate surface area is 164 Å². The minimum absolute atomic E-state index is 0.265. The van der Waals surface area contributed by atoms with Crippen molar-refractivity contribution in [2.24, 2.45) is 0 Å². The molecule has 27 heavy (non-hydrogen) atoms. The molecule has 0 aromatic heterocycles. The normalized spacial score (nSPS) is 12.6. The minimum Gasteiger partial charge on any atom is -0.287 e. The van der Waals surface area contributed by atoms with Gasteiger partial charge in [0.1, 0.15) is 0 Å². The Morgan fingerprint density at radius 1 is 0.444 bits per heavy atom. The predicted octanol–water partition coefficient (Wildman–Crippen LogP) is 6.11. The van der Waals surface area contributed by atoms with Crippen LogP contribution in [0.5, 0.6) is 0 Å². The molecule has 0 spiro atoms. The highest BCUT2D eigenvalue weighted by atomic mass is 31.2. The van der Waals surface area contributed by atoms with E-state index in [1.165, 1.54) is 0 Å². The molecule has 0 aromatic rings. The van der Waals surface area contributed by atoms with Crippen LogP contribution in [-0.2, 0) is 36.3 Å². The van der Waals surface area contributed by atoms with Crippen molar-refractivity contribution in [1.29, 1.82) is 0 Å². The van der Waals surface area contributed by atoms with Crippen LogP contribution >= 0.6 is 15.6 Å². The van der Waals surface area contributed by atoms with E-state index in [0.29, 0.717) is 39.3 Å². The zero-order valence-corrected chi connectivity index (χ0v) is 19.1. The van der Waals surface area contributed by atoms with Crippen molar-refractivity contribution < 1.29 is 36.3 Å². The molecule has 0 bridgehead atoms. The van der Waals surface area contributed by atoms with Gasteiger partial charge in [0.15, 0.2) is 0 Å². The molecule has 0 aliphatic rings. The Hall–Kier alpha value is 0.220. The Bertz CT molecular complexity index is 371. The van der Waals surface area contributed by atoms with E-state index in [1.807, 2.05) is 27.7 Å². The Morgan fingerprint density at radius 2 is 0.704 bits per heavy atom. The fourth-order valence-electron chi connectivity index (χ4n) is 1.77. The molecule has 8 nitrogen and oxygen atoms in total. The monoisotopic (exact) mass is 432 g/mol. The highest BCUT2D eigenvalue weighted by Gasteiger charge is 2.26. The minimum atomic E-state index is -3.48. The fraction of sp³-hybridized carbons (Fsp3) is 1.00. The van der Waals surface area contributed by atoms with Crippen molar-refractivity contribution in [2.75, 3.05) is 39.6 Å². The third kappa shape index (κ3) is 14.8. The Morgan fingerprint density at radius 3 is 0.963 bits per heavy atom. The summed E-state index contributed by atoms with van der Waals surface area (Å²) in [4.78, 5) is 0. The highest BCUT2D eigenvalue weighted by Crippen LogP contribution is 2.50. The van der Waals surface area contributed by atoms with Crippen molar-refractivity contribution in [1.82, 2.24) is 0 Å². The lowest BCUT2D eigenvalue weighted by Gasteiger charge is -2.18. The largest absolute Gasteiger partial charge is 0.474 e. The summed E-state index contributed by atoms with van der Waals surface area (Å²) in [6.07, 6.45) is 5.02. The van der Waals surface area contributed by atoms with E-state index >= 15 is 0 Å². The van der Waals surface area contributed by atoms with E-state index in [-0.39, 0.29) is 13.2 Å². The lowest BCUT2D eigenvalue weighted by Crippen LogP contribution is -2.05. The molecule has 0 rings (SSSR count). The molecule has 0 radical (unpaired) electrons. The second-order valence-corrected chi connectivity index (χ2v) is 9.29. The standard InChI is InChI=1S/C17H38O8P2/c1-5-12-20-26(18,21-13-6-2)24-16-10-9-11-17-25-27(19,22-14-7-3)23-15-8-4/h5-17H2,1-4H3. The van der Waals surface area contributed by atoms with Gasteiger partial charge in [0, 0.05) is 0 Å². The maximum atomic E-state index is 12.4. The maximum absolute atomic E-state index is 12.4. The second-order valence-electron chi connectivity index (χ2n) is 5.95. The first-order chi connectivity index (χ1) is 12.9. The highest BCUT2D eigenvalue weighted by molar-refractivity contribution is 7.48. The number of unbranched alkanes of at least 4 members (excludes halogenated alkanes) is 2. The second kappa shape index (κ2) is 17.1. The smallest absolute Gasteiger partial charge is 0.287 e. The first-order valence-corrected chi connectivity index (χ1v) is 12.9. The van der Waals surface area contributed by atoms with Gasteiger partial charge >= 0.3 is 15.6 Å². The molecule has 164 valence electrons. The summed E-state index contributed by atoms with van der Waals surface area (Å²) in [6, 6.07) is 0. The van der Waals surface area contributed by atoms with E-state index in [4.69, 9.17) is 27.1 Å². The summed E-state index contributed by atoms with van der Waals surface area (Å²) in [7, 11) is -6.95. The summed E-state index contributed by atoms with van der Waals surface area (Å²) in [5.74, 6) is 0. The van der Waals surface area contributed by atoms with Crippen molar-refractivity contribution in [3.05, 3.63) is 0 Å². The van der Waals surface area contributed by atoms with Crippen LogP contribution in [0.2, 0.25) is 0 Å². The SMILES string of the molecule is CCCOP(=O)(OCCC)OCCCCCOP(=O)(OCCC)OCCC. The van der Waals surface area contributed by atoms with Crippen LogP contribution in [0.1, 0.15) is 72.6 Å². The summed E-state index contributed by atoms with van der Waals surface area (Å²) in [5.41, 5.74) is 0. The van der Waals surface area contributed by atoms with Crippen LogP contribution in [0.4, 0.5) is 0 Å². The quantitative estimate of drug-likeness (QED) is 0.168. The van der Waals surface area contributed by atoms with Gasteiger partial charge in [-0.3, -0.25) is 27.1 Å². The maximum Gasteiger partial charge on any atom is 0.474 e. The van der Waals surface area contributed by atoms with Crippen LogP contribution < -0.4 is 0 Å². The molecule has 0 saturated heterocycles. The molecular weight excluding hydrogens is 394 g/mol. The number of rotatable bonds is 20. The lowest BCUT2D eigenvalue weighted by molar-refractivity contribution is 0.107. The molecule has 0 atom stereocenters. The fourth-order valence-corrected chi connectivity index (χ4v) is 4.55. The molecule has 0 fully saturated rings. The van der Waals surface area contributed by atoms with E-state index in [0.717, 1.165) is 32.1 Å². The molecular formula is C17H38O8P2. The third-order valence-corrected chi connectivity index (χ3v) is 6.09. The Kier molecular flexibility index (Phi) is 17.2. The van der Waals surface area contributed by atoms with Crippen molar-refractivity contribution >= 4 is 15.6 Å². The summed E-state index contributed by atoms with van der Waals surface area (Å²) < 4.78 is 56.5. The van der Waals surface area contributed by atoms with Gasteiger partial charge in [0.25, 0.3) is 0 Å². The summed E-state index contributed by atoms with van der Waals surface area (Å²) in [5, 5.41) is 0. The lowest BCUT2D eigenvalue weighted by atomic mass is 10.2. The van der Waals surface area contributed by atoms with Crippen LogP contribution in [0.15, 0.2) is 0 Å². The molecule has 0 saturated carbocycles. The van der Waals surface area contributed by atoms with E-state index < -0.39 is 15.6 Å². The molecule has 0 amide bonds. The molecule has 0 heterocycles. The number of hydrogen-bond acceptors (Lipinski definition) is 8. The molecule has 0 unspecified atom stereocenters. The summed E-state index contributed by atoms with van der Waals surface area (Å²) >= 11 is 0. The first-order valence-electron chi connectivity index (χ1n) is 10.0. The van der Waals surface area contributed by atoms with Gasteiger partial charge in [-0.25, -0.2) is 9.13 Å². The summed E-state index contributed by atoms with van der Waals surface area (Å²) in [6.45, 7) is 9.57.